The number of hydrogen-bond acceptors (Lipinski definition) is 2. The zero-order valence-electron chi connectivity index (χ0n) is 12.2. The summed E-state index contributed by atoms with van der Waals surface area (Å²) in [4.78, 5) is 12.1. The van der Waals surface area contributed by atoms with Gasteiger partial charge in [0.2, 0.25) is 5.91 Å². The molecule has 0 aliphatic rings. The van der Waals surface area contributed by atoms with Crippen molar-refractivity contribution in [3.8, 4) is 0 Å². The van der Waals surface area contributed by atoms with Crippen LogP contribution in [0.5, 0.6) is 0 Å². The molecule has 3 N–H and O–H groups in total. The first-order chi connectivity index (χ1) is 9.04. The van der Waals surface area contributed by atoms with Crippen molar-refractivity contribution in [1.29, 1.82) is 0 Å². The highest BCUT2D eigenvalue weighted by atomic mass is 16.2. The summed E-state index contributed by atoms with van der Waals surface area (Å²) in [7, 11) is 0. The first-order valence-corrected chi connectivity index (χ1v) is 7.15. The highest BCUT2D eigenvalue weighted by Crippen LogP contribution is 2.21. The van der Waals surface area contributed by atoms with Crippen molar-refractivity contribution in [2.45, 2.75) is 52.1 Å². The van der Waals surface area contributed by atoms with Gasteiger partial charge >= 0.3 is 0 Å². The third-order valence-electron chi connectivity index (χ3n) is 3.16. The molecule has 1 rings (SSSR count). The zero-order chi connectivity index (χ0) is 14.3. The van der Waals surface area contributed by atoms with Gasteiger partial charge in [-0.05, 0) is 24.3 Å². The van der Waals surface area contributed by atoms with Crippen LogP contribution in [0.4, 0.5) is 0 Å². The zero-order valence-corrected chi connectivity index (χ0v) is 12.2. The Kier molecular flexibility index (Phi) is 6.57. The van der Waals surface area contributed by atoms with Crippen LogP contribution < -0.4 is 11.1 Å². The van der Waals surface area contributed by atoms with Crippen LogP contribution in [-0.4, -0.2) is 11.9 Å². The molecule has 106 valence electrons. The summed E-state index contributed by atoms with van der Waals surface area (Å²) in [5.41, 5.74) is 7.02. The average Bonchev–Trinajstić information content (AvgIpc) is 2.38. The van der Waals surface area contributed by atoms with E-state index in [0.29, 0.717) is 5.92 Å². The van der Waals surface area contributed by atoms with Gasteiger partial charge in [0, 0.05) is 0 Å². The van der Waals surface area contributed by atoms with Gasteiger partial charge in [0.05, 0.1) is 12.1 Å². The average molecular weight is 262 g/mol. The van der Waals surface area contributed by atoms with Gasteiger partial charge in [-0.1, -0.05) is 57.5 Å². The SMILES string of the molecule is CCCC(N)C(=O)NC(CC(C)C)c1ccccc1. The molecule has 2 atom stereocenters. The normalized spacial score (nSPS) is 14.2. The lowest BCUT2D eigenvalue weighted by Crippen LogP contribution is -2.42. The van der Waals surface area contributed by atoms with E-state index < -0.39 is 6.04 Å². The molecule has 0 fully saturated rings. The molecule has 0 aliphatic carbocycles. The fraction of sp³-hybridized carbons (Fsp3) is 0.562. The number of amides is 1. The Balaban J connectivity index is 2.73. The highest BCUT2D eigenvalue weighted by molar-refractivity contribution is 5.81. The third kappa shape index (κ3) is 5.43. The predicted octanol–water partition coefficient (Wildman–Crippen LogP) is 3.02. The van der Waals surface area contributed by atoms with E-state index in [1.54, 1.807) is 0 Å². The molecule has 0 radical (unpaired) electrons. The van der Waals surface area contributed by atoms with Crippen LogP contribution in [-0.2, 0) is 4.79 Å². The number of carbonyl (C=O) groups is 1. The Bertz CT molecular complexity index is 376. The van der Waals surface area contributed by atoms with E-state index in [2.05, 4.69) is 31.3 Å². The minimum Gasteiger partial charge on any atom is -0.348 e. The first kappa shape index (κ1) is 15.7. The molecule has 1 aromatic rings. The van der Waals surface area contributed by atoms with E-state index in [9.17, 15) is 4.79 Å². The van der Waals surface area contributed by atoms with E-state index in [1.165, 1.54) is 0 Å². The van der Waals surface area contributed by atoms with Gasteiger partial charge in [0.15, 0.2) is 0 Å². The molecule has 0 heterocycles. The van der Waals surface area contributed by atoms with Gasteiger partial charge in [-0.3, -0.25) is 4.79 Å². The van der Waals surface area contributed by atoms with E-state index in [4.69, 9.17) is 5.73 Å². The Morgan fingerprint density at radius 1 is 1.26 bits per heavy atom. The summed E-state index contributed by atoms with van der Waals surface area (Å²) in [6, 6.07) is 9.75. The number of nitrogens with two attached hydrogens (primary N) is 1. The maximum Gasteiger partial charge on any atom is 0.237 e. The molecule has 1 amide bonds. The van der Waals surface area contributed by atoms with Crippen LogP contribution in [0.1, 0.15) is 51.6 Å². The second-order valence-electron chi connectivity index (χ2n) is 5.50. The van der Waals surface area contributed by atoms with E-state index in [0.717, 1.165) is 24.8 Å². The number of nitrogens with one attached hydrogen (secondary N) is 1. The van der Waals surface area contributed by atoms with Crippen LogP contribution in [0.2, 0.25) is 0 Å². The van der Waals surface area contributed by atoms with E-state index in [-0.39, 0.29) is 11.9 Å². The molecule has 0 aliphatic heterocycles. The Hall–Kier alpha value is -1.35. The van der Waals surface area contributed by atoms with Crippen molar-refractivity contribution in [1.82, 2.24) is 5.32 Å². The van der Waals surface area contributed by atoms with Gasteiger partial charge in [-0.15, -0.1) is 0 Å². The van der Waals surface area contributed by atoms with Gasteiger partial charge in [0.1, 0.15) is 0 Å². The summed E-state index contributed by atoms with van der Waals surface area (Å²) in [5, 5.41) is 3.09. The van der Waals surface area contributed by atoms with Crippen molar-refractivity contribution in [2.24, 2.45) is 11.7 Å². The highest BCUT2D eigenvalue weighted by Gasteiger charge is 2.19. The quantitative estimate of drug-likeness (QED) is 0.793. The lowest BCUT2D eigenvalue weighted by Gasteiger charge is -2.23. The van der Waals surface area contributed by atoms with Crippen molar-refractivity contribution >= 4 is 5.91 Å². The minimum absolute atomic E-state index is 0.0450. The standard InChI is InChI=1S/C16H26N2O/c1-4-8-14(17)16(19)18-15(11-12(2)3)13-9-6-5-7-10-13/h5-7,9-10,12,14-15H,4,8,11,17H2,1-3H3,(H,18,19). The summed E-state index contributed by atoms with van der Waals surface area (Å²) < 4.78 is 0. The molecule has 0 saturated heterocycles. The molecule has 19 heavy (non-hydrogen) atoms. The van der Waals surface area contributed by atoms with Gasteiger partial charge in [-0.2, -0.15) is 0 Å². The van der Waals surface area contributed by atoms with Crippen LogP contribution in [0.25, 0.3) is 0 Å². The number of hydrogen-bond donors (Lipinski definition) is 2. The Labute approximate surface area is 116 Å². The summed E-state index contributed by atoms with van der Waals surface area (Å²) >= 11 is 0. The van der Waals surface area contributed by atoms with Crippen LogP contribution in [0.3, 0.4) is 0 Å². The third-order valence-corrected chi connectivity index (χ3v) is 3.16. The van der Waals surface area contributed by atoms with Gasteiger partial charge in [0.25, 0.3) is 0 Å². The Morgan fingerprint density at radius 3 is 2.42 bits per heavy atom. The smallest absolute Gasteiger partial charge is 0.237 e. The van der Waals surface area contributed by atoms with Crippen LogP contribution in [0, 0.1) is 5.92 Å². The maximum atomic E-state index is 12.1. The number of benzene rings is 1. The fourth-order valence-electron chi connectivity index (χ4n) is 2.16. The van der Waals surface area contributed by atoms with Crippen LogP contribution in [0.15, 0.2) is 30.3 Å². The first-order valence-electron chi connectivity index (χ1n) is 7.15. The van der Waals surface area contributed by atoms with Crippen LogP contribution >= 0.6 is 0 Å². The molecule has 0 aromatic heterocycles. The van der Waals surface area contributed by atoms with Crippen molar-refractivity contribution in [3.63, 3.8) is 0 Å². The predicted molar refractivity (Wildman–Crippen MR) is 79.7 cm³/mol. The minimum atomic E-state index is -0.400. The second-order valence-corrected chi connectivity index (χ2v) is 5.50. The Morgan fingerprint density at radius 2 is 1.89 bits per heavy atom. The summed E-state index contributed by atoms with van der Waals surface area (Å²) in [6.45, 7) is 6.36. The van der Waals surface area contributed by atoms with Gasteiger partial charge in [-0.25, -0.2) is 0 Å². The van der Waals surface area contributed by atoms with E-state index >= 15 is 0 Å². The van der Waals surface area contributed by atoms with Crippen molar-refractivity contribution in [2.75, 3.05) is 0 Å². The molecule has 0 spiro atoms. The molecule has 1 aromatic carbocycles. The monoisotopic (exact) mass is 262 g/mol. The molecule has 0 bridgehead atoms. The number of rotatable bonds is 7. The molecule has 0 saturated carbocycles. The number of carbonyl (C=O) groups excluding carboxylic acids is 1. The van der Waals surface area contributed by atoms with Crippen molar-refractivity contribution < 1.29 is 4.79 Å². The summed E-state index contributed by atoms with van der Waals surface area (Å²) in [5.74, 6) is 0.476. The lowest BCUT2D eigenvalue weighted by atomic mass is 9.96. The second kappa shape index (κ2) is 7.95. The molecule has 3 nitrogen and oxygen atoms in total. The maximum absolute atomic E-state index is 12.1. The van der Waals surface area contributed by atoms with Gasteiger partial charge < -0.3 is 11.1 Å². The lowest BCUT2D eigenvalue weighted by molar-refractivity contribution is -0.123. The fourth-order valence-corrected chi connectivity index (χ4v) is 2.16. The molecule has 2 unspecified atom stereocenters. The largest absolute Gasteiger partial charge is 0.348 e. The van der Waals surface area contributed by atoms with Crippen molar-refractivity contribution in [3.05, 3.63) is 35.9 Å². The summed E-state index contributed by atoms with van der Waals surface area (Å²) in [6.07, 6.45) is 2.58. The molecular weight excluding hydrogens is 236 g/mol. The molecular formula is C16H26N2O. The topological polar surface area (TPSA) is 55.1 Å². The van der Waals surface area contributed by atoms with E-state index in [1.807, 2.05) is 25.1 Å². The molecule has 3 heteroatoms.